The van der Waals surface area contributed by atoms with Crippen molar-refractivity contribution >= 4 is 79.6 Å². The maximum absolute atomic E-state index is 13.2. The number of amides is 6. The molecule has 124 heavy (non-hydrogen) atoms. The van der Waals surface area contributed by atoms with Gasteiger partial charge in [0.25, 0.3) is 57.7 Å². The summed E-state index contributed by atoms with van der Waals surface area (Å²) < 4.78 is 0. The first-order chi connectivity index (χ1) is 59.7. The second-order valence-electron chi connectivity index (χ2n) is 34.8. The number of pyridine rings is 4. The molecule has 16 heterocycles. The van der Waals surface area contributed by atoms with Gasteiger partial charge in [0.1, 0.15) is 23.3 Å². The van der Waals surface area contributed by atoms with Gasteiger partial charge in [-0.3, -0.25) is 57.7 Å². The summed E-state index contributed by atoms with van der Waals surface area (Å²) in [5.74, 6) is 1.23. The van der Waals surface area contributed by atoms with Crippen molar-refractivity contribution in [2.75, 3.05) is 105 Å². The molecule has 0 atom stereocenters. The number of likely N-dealkylation sites (tertiary alicyclic amines) is 4. The van der Waals surface area contributed by atoms with E-state index in [0.717, 1.165) is 174 Å². The zero-order chi connectivity index (χ0) is 87.1. The van der Waals surface area contributed by atoms with Crippen molar-refractivity contribution < 1.29 is 28.8 Å². The van der Waals surface area contributed by atoms with E-state index in [1.165, 1.54) is 74.3 Å². The molecule has 30 heteroatoms. The number of imide groups is 2. The number of rotatable bonds is 18. The van der Waals surface area contributed by atoms with Crippen LogP contribution in [0.15, 0.2) is 68.2 Å². The van der Waals surface area contributed by atoms with E-state index in [9.17, 15) is 47.9 Å². The van der Waals surface area contributed by atoms with Crippen LogP contribution in [0.4, 0.5) is 0 Å². The molecular formula is C94H108N20O10. The van der Waals surface area contributed by atoms with Crippen molar-refractivity contribution in [1.82, 2.24) is 99.0 Å². The highest BCUT2D eigenvalue weighted by Gasteiger charge is 2.43. The standard InChI is InChI=1S/C24H27N5O3.C24H29N5O2.C23H25N5O3.C23H27N5O2/c1-13-7-8-25-22(30)16(13)21-26-19-14(2)17-18(15(3)20(19)27-21)24(32)29(23(17)31)12-6-11-28-9-4-5-10-28;1-14-7-8-25-23(30)18(14)22-26-20-15(2)17-13-29(12-6-11-28-9-4-5-10-28)24(31)19(17)16(3)21(20)27-22;1-12-6-7-24-21(29)15(12)20-25-18-13(2)16-17(14(3)19(18)26-20)23(31)28(22(16)30)11-10-27-8-4-5-9-27;1-13-6-7-24-22(29)17(13)21-25-19-14(2)16-12-28(11-10-27-8-4-5-9-27)23(30)18(16)15(3)20(19)26-21/h7-8H,4-6,9-12H2,1-3H3,(H,25,30)(H,26,27);7-8H,4-6,9-13H2,1-3H3,(H,25,30)(H,26,27);6-7H,4-5,8-11H2,1-3H3,(H,24,29)(H,25,26);6-7H,4-5,8-12H2,1-3H3,(H,24,29)(H,25,26). The number of H-pyrrole nitrogens is 8. The molecule has 0 radical (unpaired) electrons. The zero-order valence-corrected chi connectivity index (χ0v) is 72.9. The monoisotopic (exact) mass is 1680 g/mol. The fourth-order valence-electron chi connectivity index (χ4n) is 20.1. The van der Waals surface area contributed by atoms with E-state index in [4.69, 9.17) is 9.97 Å². The maximum Gasteiger partial charge on any atom is 0.261 e. The van der Waals surface area contributed by atoms with Crippen LogP contribution in [-0.2, 0) is 13.1 Å². The topological polar surface area (TPSA) is 374 Å². The Morgan fingerprint density at radius 3 is 0.839 bits per heavy atom. The minimum absolute atomic E-state index is 0.102. The molecule has 4 fully saturated rings. The molecule has 20 rings (SSSR count). The molecule has 8 aliphatic heterocycles. The highest BCUT2D eigenvalue weighted by atomic mass is 16.2. The molecule has 4 aromatic carbocycles. The number of carbonyl (C=O) groups is 6. The van der Waals surface area contributed by atoms with Gasteiger partial charge < -0.3 is 69.3 Å². The molecule has 8 aliphatic rings. The number of aromatic amines is 8. The lowest BCUT2D eigenvalue weighted by Gasteiger charge is -2.20. The van der Waals surface area contributed by atoms with Gasteiger partial charge in [-0.2, -0.15) is 0 Å². The molecule has 8 aromatic heterocycles. The third kappa shape index (κ3) is 15.0. The van der Waals surface area contributed by atoms with Gasteiger partial charge in [-0.05, 0) is 315 Å². The SMILES string of the molecule is Cc1cc[nH]c(=O)c1-c1nc2c(C)c3c(c(C)c2[nH]1)C(=O)N(CCCN1CCCC1)C3=O.Cc1cc[nH]c(=O)c1-c1nc2c(C)c3c(c(C)c2[nH]1)C(=O)N(CCN1CCCC1)C3=O.Cc1cc[nH]c(=O)c1-c1nc2c(C)c3c(c(C)c2[nH]1)CN(CCCN1CCCC1)C3=O.Cc1cc[nH]c(=O)c1-c1nc2c(C)c3c(c(C)c2[nH]1)CN(CCN1CCCC1)C3=O. The zero-order valence-electron chi connectivity index (χ0n) is 72.9. The predicted molar refractivity (Wildman–Crippen MR) is 478 cm³/mol. The smallest absolute Gasteiger partial charge is 0.261 e. The van der Waals surface area contributed by atoms with Crippen LogP contribution in [0.3, 0.4) is 0 Å². The summed E-state index contributed by atoms with van der Waals surface area (Å²) in [4.78, 5) is 188. The number of nitrogens with one attached hydrogen (secondary N) is 8. The molecule has 644 valence electrons. The first-order valence-corrected chi connectivity index (χ1v) is 43.7. The number of carbonyl (C=O) groups excluding carboxylic acids is 6. The molecule has 0 bridgehead atoms. The van der Waals surface area contributed by atoms with Crippen molar-refractivity contribution in [3.63, 3.8) is 0 Å². The van der Waals surface area contributed by atoms with Crippen LogP contribution in [0, 0.1) is 83.1 Å². The van der Waals surface area contributed by atoms with Crippen LogP contribution >= 0.6 is 0 Å². The molecule has 0 saturated carbocycles. The fraction of sp³-hybridized carbons (Fsp3) is 0.426. The number of hydrogen-bond donors (Lipinski definition) is 8. The molecule has 6 amide bonds. The predicted octanol–water partition coefficient (Wildman–Crippen LogP) is 11.6. The Morgan fingerprint density at radius 1 is 0.266 bits per heavy atom. The summed E-state index contributed by atoms with van der Waals surface area (Å²) in [5, 5.41) is 0. The van der Waals surface area contributed by atoms with Gasteiger partial charge in [0, 0.05) is 77.1 Å². The summed E-state index contributed by atoms with van der Waals surface area (Å²) in [6, 6.07) is 7.37. The Kier molecular flexibility index (Phi) is 23.0. The summed E-state index contributed by atoms with van der Waals surface area (Å²) in [6.07, 6.45) is 18.2. The second-order valence-corrected chi connectivity index (χ2v) is 34.8. The highest BCUT2D eigenvalue weighted by molar-refractivity contribution is 6.26. The van der Waals surface area contributed by atoms with E-state index in [1.807, 2.05) is 117 Å². The second kappa shape index (κ2) is 34.0. The van der Waals surface area contributed by atoms with Gasteiger partial charge >= 0.3 is 0 Å². The van der Waals surface area contributed by atoms with Gasteiger partial charge in [-0.15, -0.1) is 0 Å². The molecule has 0 unspecified atom stereocenters. The van der Waals surface area contributed by atoms with Crippen molar-refractivity contribution in [3.8, 4) is 45.6 Å². The van der Waals surface area contributed by atoms with Gasteiger partial charge in [0.15, 0.2) is 0 Å². The number of benzene rings is 4. The number of aromatic nitrogens is 12. The van der Waals surface area contributed by atoms with Crippen LogP contribution in [-0.4, -0.2) is 239 Å². The molecule has 30 nitrogen and oxygen atoms in total. The lowest BCUT2D eigenvalue weighted by atomic mass is 9.97. The minimum Gasteiger partial charge on any atom is -0.338 e. The van der Waals surface area contributed by atoms with Gasteiger partial charge in [0.05, 0.1) is 99.8 Å². The molecule has 12 aromatic rings. The van der Waals surface area contributed by atoms with E-state index >= 15 is 0 Å². The Morgan fingerprint density at radius 2 is 0.524 bits per heavy atom. The Balaban J connectivity index is 0.000000117. The third-order valence-corrected chi connectivity index (χ3v) is 27.0. The molecule has 4 saturated heterocycles. The van der Waals surface area contributed by atoms with E-state index < -0.39 is 0 Å². The lowest BCUT2D eigenvalue weighted by Crippen LogP contribution is -2.37. The number of hydrogen-bond acceptors (Lipinski definition) is 18. The molecule has 0 aliphatic carbocycles. The average Bonchev–Trinajstić information content (AvgIpc) is 1.58. The molecule has 8 N–H and O–H groups in total. The van der Waals surface area contributed by atoms with Crippen molar-refractivity contribution in [2.45, 2.75) is 160 Å². The van der Waals surface area contributed by atoms with Gasteiger partial charge in [0.2, 0.25) is 0 Å². The van der Waals surface area contributed by atoms with Gasteiger partial charge in [-0.25, -0.2) is 19.9 Å². The maximum atomic E-state index is 13.2. The average molecular weight is 1680 g/mol. The first-order valence-electron chi connectivity index (χ1n) is 43.7. The Hall–Kier alpha value is -12.4. The summed E-state index contributed by atoms with van der Waals surface area (Å²) >= 11 is 0. The van der Waals surface area contributed by atoms with E-state index in [2.05, 4.69) is 69.4 Å². The summed E-state index contributed by atoms with van der Waals surface area (Å²) in [7, 11) is 0. The Labute approximate surface area is 716 Å². The van der Waals surface area contributed by atoms with Crippen LogP contribution < -0.4 is 22.2 Å². The minimum atomic E-state index is -0.250. The summed E-state index contributed by atoms with van der Waals surface area (Å²) in [6.45, 7) is 39.0. The quantitative estimate of drug-likeness (QED) is 0.0370. The van der Waals surface area contributed by atoms with E-state index in [-0.39, 0.29) is 57.7 Å². The lowest BCUT2D eigenvalue weighted by molar-refractivity contribution is 0.0628. The van der Waals surface area contributed by atoms with Crippen molar-refractivity contribution in [2.24, 2.45) is 0 Å². The Bertz CT molecular complexity index is 6520. The first kappa shape index (κ1) is 83.9. The largest absolute Gasteiger partial charge is 0.338 e. The normalized spacial score (nSPS) is 16.6. The van der Waals surface area contributed by atoms with Crippen LogP contribution in [0.25, 0.3) is 89.7 Å². The molecular weight excluding hydrogens is 1570 g/mol. The van der Waals surface area contributed by atoms with Crippen LogP contribution in [0.1, 0.15) is 204 Å². The summed E-state index contributed by atoms with van der Waals surface area (Å²) in [5.41, 5.74) is 22.7. The van der Waals surface area contributed by atoms with Crippen LogP contribution in [0.5, 0.6) is 0 Å². The number of aryl methyl sites for hydroxylation is 12. The fourth-order valence-corrected chi connectivity index (χ4v) is 20.1. The van der Waals surface area contributed by atoms with Crippen molar-refractivity contribution in [3.05, 3.63) is 202 Å². The van der Waals surface area contributed by atoms with Crippen molar-refractivity contribution in [1.29, 1.82) is 0 Å². The van der Waals surface area contributed by atoms with Gasteiger partial charge in [-0.1, -0.05) is 0 Å². The van der Waals surface area contributed by atoms with Crippen LogP contribution in [0.2, 0.25) is 0 Å². The van der Waals surface area contributed by atoms with E-state index in [0.29, 0.717) is 145 Å². The van der Waals surface area contributed by atoms with E-state index in [1.54, 1.807) is 24.8 Å². The third-order valence-electron chi connectivity index (χ3n) is 27.0. The highest BCUT2D eigenvalue weighted by Crippen LogP contribution is 2.42. The number of fused-ring (bicyclic) bond motifs is 8. The number of nitrogens with zero attached hydrogens (tertiary/aromatic N) is 12. The molecule has 0 spiro atoms. The number of imidazole rings is 4.